The van der Waals surface area contributed by atoms with Crippen LogP contribution in [-0.2, 0) is 4.79 Å². The second-order valence-electron chi connectivity index (χ2n) is 3.71. The molecule has 0 spiro atoms. The van der Waals surface area contributed by atoms with Gasteiger partial charge in [0.2, 0.25) is 6.10 Å². The Morgan fingerprint density at radius 2 is 2.25 bits per heavy atom. The number of aliphatic hydroxyl groups is 1. The van der Waals surface area contributed by atoms with Gasteiger partial charge in [0.25, 0.3) is 5.91 Å². The van der Waals surface area contributed by atoms with Crippen LogP contribution in [0, 0.1) is 0 Å². The van der Waals surface area contributed by atoms with Gasteiger partial charge in [-0.25, -0.2) is 0 Å². The van der Waals surface area contributed by atoms with E-state index in [-0.39, 0.29) is 12.5 Å². The summed E-state index contributed by atoms with van der Waals surface area (Å²) in [6, 6.07) is 7.19. The zero-order valence-electron chi connectivity index (χ0n) is 8.96. The topological polar surface area (TPSA) is 75.8 Å². The Labute approximate surface area is 93.4 Å². The molecule has 5 heteroatoms. The van der Waals surface area contributed by atoms with E-state index in [1.54, 1.807) is 19.2 Å². The van der Waals surface area contributed by atoms with Crippen molar-refractivity contribution in [1.29, 1.82) is 0 Å². The number of para-hydroxylation sites is 2. The van der Waals surface area contributed by atoms with Gasteiger partial charge < -0.3 is 20.5 Å². The van der Waals surface area contributed by atoms with Gasteiger partial charge in [0.15, 0.2) is 0 Å². The molecule has 5 nitrogen and oxygen atoms in total. The minimum atomic E-state index is -0.983. The van der Waals surface area contributed by atoms with E-state index < -0.39 is 12.2 Å². The lowest BCUT2D eigenvalue weighted by molar-refractivity contribution is -0.130. The van der Waals surface area contributed by atoms with Gasteiger partial charge in [0, 0.05) is 13.6 Å². The van der Waals surface area contributed by atoms with Gasteiger partial charge in [-0.15, -0.1) is 0 Å². The third-order valence-corrected chi connectivity index (χ3v) is 2.65. The zero-order chi connectivity index (χ0) is 11.7. The molecule has 86 valence electrons. The number of fused-ring (bicyclic) bond motifs is 1. The van der Waals surface area contributed by atoms with Gasteiger partial charge in [-0.1, -0.05) is 12.1 Å². The van der Waals surface area contributed by atoms with E-state index in [1.165, 1.54) is 4.90 Å². The Balaban J connectivity index is 2.35. The number of ether oxygens (including phenoxy) is 1. The average molecular weight is 222 g/mol. The summed E-state index contributed by atoms with van der Waals surface area (Å²) in [4.78, 5) is 13.3. The fourth-order valence-electron chi connectivity index (χ4n) is 1.70. The Bertz CT molecular complexity index is 408. The van der Waals surface area contributed by atoms with E-state index in [4.69, 9.17) is 10.5 Å². The fraction of sp³-hybridized carbons (Fsp3) is 0.364. The summed E-state index contributed by atoms with van der Waals surface area (Å²) in [5, 5.41) is 9.60. The second-order valence-corrected chi connectivity index (χ2v) is 3.71. The number of nitrogens with zero attached hydrogens (tertiary/aromatic N) is 1. The van der Waals surface area contributed by atoms with E-state index in [0.717, 1.165) is 0 Å². The van der Waals surface area contributed by atoms with Crippen LogP contribution in [-0.4, -0.2) is 36.8 Å². The Morgan fingerprint density at radius 1 is 1.56 bits per heavy atom. The number of amides is 1. The lowest BCUT2D eigenvalue weighted by atomic mass is 10.1. The highest BCUT2D eigenvalue weighted by Crippen LogP contribution is 2.33. The zero-order valence-corrected chi connectivity index (χ0v) is 8.96. The Kier molecular flexibility index (Phi) is 2.80. The van der Waals surface area contributed by atoms with Crippen molar-refractivity contribution in [3.8, 4) is 5.75 Å². The molecule has 0 aromatic heterocycles. The summed E-state index contributed by atoms with van der Waals surface area (Å²) in [6.45, 7) is -0.00753. The van der Waals surface area contributed by atoms with Crippen LogP contribution in [0.15, 0.2) is 24.3 Å². The van der Waals surface area contributed by atoms with Crippen LogP contribution in [0.1, 0.15) is 0 Å². The first-order chi connectivity index (χ1) is 7.65. The Hall–Kier alpha value is -1.59. The highest BCUT2D eigenvalue weighted by atomic mass is 16.5. The molecule has 0 fully saturated rings. The van der Waals surface area contributed by atoms with E-state index in [0.29, 0.717) is 11.4 Å². The van der Waals surface area contributed by atoms with Crippen molar-refractivity contribution in [2.75, 3.05) is 18.5 Å². The van der Waals surface area contributed by atoms with Crippen molar-refractivity contribution in [2.24, 2.45) is 5.73 Å². The summed E-state index contributed by atoms with van der Waals surface area (Å²) < 4.78 is 5.45. The van der Waals surface area contributed by atoms with Gasteiger partial charge in [0.1, 0.15) is 11.9 Å². The number of nitrogens with two attached hydrogens (primary N) is 1. The highest BCUT2D eigenvalue weighted by molar-refractivity contribution is 5.99. The molecule has 0 saturated carbocycles. The third kappa shape index (κ3) is 1.64. The van der Waals surface area contributed by atoms with Gasteiger partial charge in [-0.3, -0.25) is 4.79 Å². The van der Waals surface area contributed by atoms with Gasteiger partial charge in [-0.05, 0) is 12.1 Å². The summed E-state index contributed by atoms with van der Waals surface area (Å²) in [5.74, 6) is 0.304. The molecule has 3 N–H and O–H groups in total. The molecule has 1 aromatic carbocycles. The standard InChI is InChI=1S/C11H14N2O3/c1-13-7-4-2-3-5-9(7)16-10(11(13)15)8(14)6-12/h2-5,8,10,14H,6,12H2,1H3. The SMILES string of the molecule is CN1C(=O)C(C(O)CN)Oc2ccccc21. The van der Waals surface area contributed by atoms with Crippen molar-refractivity contribution in [3.05, 3.63) is 24.3 Å². The molecule has 1 aromatic rings. The first-order valence-corrected chi connectivity index (χ1v) is 5.06. The smallest absolute Gasteiger partial charge is 0.270 e. The number of hydrogen-bond donors (Lipinski definition) is 2. The van der Waals surface area contributed by atoms with Crippen molar-refractivity contribution >= 4 is 11.6 Å². The molecule has 0 radical (unpaired) electrons. The molecule has 2 atom stereocenters. The van der Waals surface area contributed by atoms with E-state index >= 15 is 0 Å². The number of benzene rings is 1. The predicted octanol–water partition coefficient (Wildman–Crippen LogP) is -0.270. The van der Waals surface area contributed by atoms with E-state index in [9.17, 15) is 9.90 Å². The van der Waals surface area contributed by atoms with E-state index in [2.05, 4.69) is 0 Å². The normalized spacial score (nSPS) is 21.3. The number of carbonyl (C=O) groups is 1. The second kappa shape index (κ2) is 4.11. The van der Waals surface area contributed by atoms with Crippen molar-refractivity contribution in [2.45, 2.75) is 12.2 Å². The van der Waals surface area contributed by atoms with Crippen molar-refractivity contribution < 1.29 is 14.6 Å². The molecule has 1 aliphatic heterocycles. The van der Waals surface area contributed by atoms with E-state index in [1.807, 2.05) is 12.1 Å². The minimum absolute atomic E-state index is 0.00753. The van der Waals surface area contributed by atoms with Crippen LogP contribution in [0.4, 0.5) is 5.69 Å². The third-order valence-electron chi connectivity index (χ3n) is 2.65. The molecule has 16 heavy (non-hydrogen) atoms. The quantitative estimate of drug-likeness (QED) is 0.722. The van der Waals surface area contributed by atoms with Crippen LogP contribution < -0.4 is 15.4 Å². The predicted molar refractivity (Wildman–Crippen MR) is 59.3 cm³/mol. The largest absolute Gasteiger partial charge is 0.476 e. The summed E-state index contributed by atoms with van der Waals surface area (Å²) in [6.07, 6.45) is -1.90. The van der Waals surface area contributed by atoms with Gasteiger partial charge in [-0.2, -0.15) is 0 Å². The molecule has 2 unspecified atom stereocenters. The van der Waals surface area contributed by atoms with Gasteiger partial charge in [0.05, 0.1) is 5.69 Å². The molecular formula is C11H14N2O3. The molecule has 0 aliphatic carbocycles. The summed E-state index contributed by atoms with van der Waals surface area (Å²) in [7, 11) is 1.65. The molecular weight excluding hydrogens is 208 g/mol. The van der Waals surface area contributed by atoms with Crippen LogP contribution in [0.5, 0.6) is 5.75 Å². The number of rotatable bonds is 2. The summed E-state index contributed by atoms with van der Waals surface area (Å²) in [5.41, 5.74) is 6.03. The van der Waals surface area contributed by atoms with Gasteiger partial charge >= 0.3 is 0 Å². The van der Waals surface area contributed by atoms with Crippen molar-refractivity contribution in [3.63, 3.8) is 0 Å². The van der Waals surface area contributed by atoms with Crippen LogP contribution in [0.25, 0.3) is 0 Å². The Morgan fingerprint density at radius 3 is 2.94 bits per heavy atom. The molecule has 0 saturated heterocycles. The van der Waals surface area contributed by atoms with Crippen LogP contribution >= 0.6 is 0 Å². The monoisotopic (exact) mass is 222 g/mol. The molecule has 2 rings (SSSR count). The average Bonchev–Trinajstić information content (AvgIpc) is 2.33. The number of carbonyl (C=O) groups excluding carboxylic acids is 1. The number of anilines is 1. The molecule has 0 bridgehead atoms. The maximum Gasteiger partial charge on any atom is 0.270 e. The lowest BCUT2D eigenvalue weighted by Gasteiger charge is -2.33. The maximum absolute atomic E-state index is 11.9. The maximum atomic E-state index is 11.9. The lowest BCUT2D eigenvalue weighted by Crippen LogP contribution is -2.52. The summed E-state index contributed by atoms with van der Waals surface area (Å²) >= 11 is 0. The molecule has 1 aliphatic rings. The number of aliphatic hydroxyl groups excluding tert-OH is 1. The fourth-order valence-corrected chi connectivity index (χ4v) is 1.70. The number of hydrogen-bond acceptors (Lipinski definition) is 4. The first kappa shape index (κ1) is 10.9. The van der Waals surface area contributed by atoms with Crippen LogP contribution in [0.2, 0.25) is 0 Å². The van der Waals surface area contributed by atoms with Crippen LogP contribution in [0.3, 0.4) is 0 Å². The van der Waals surface area contributed by atoms with Crippen molar-refractivity contribution in [1.82, 2.24) is 0 Å². The highest BCUT2D eigenvalue weighted by Gasteiger charge is 2.36. The molecule has 1 amide bonds. The molecule has 1 heterocycles. The first-order valence-electron chi connectivity index (χ1n) is 5.06. The minimum Gasteiger partial charge on any atom is -0.476 e. The number of likely N-dealkylation sites (N-methyl/N-ethyl adjacent to an activating group) is 1.